The van der Waals surface area contributed by atoms with Crippen LogP contribution in [0, 0.1) is 0 Å². The Morgan fingerprint density at radius 3 is 2.45 bits per heavy atom. The average molecular weight is 279 g/mol. The third-order valence-corrected chi connectivity index (χ3v) is 3.61. The number of piperidine rings is 1. The Morgan fingerprint density at radius 2 is 1.75 bits per heavy atom. The molecule has 2 N–H and O–H groups in total. The van der Waals surface area contributed by atoms with Gasteiger partial charge in [-0.15, -0.1) is 0 Å². The number of aliphatic hydroxyl groups is 2. The highest BCUT2D eigenvalue weighted by molar-refractivity contribution is 5.13. The van der Waals surface area contributed by atoms with Gasteiger partial charge in [0, 0.05) is 26.1 Å². The summed E-state index contributed by atoms with van der Waals surface area (Å²) in [6.07, 6.45) is 1.79. The maximum absolute atomic E-state index is 9.59. The molecule has 1 aromatic carbocycles. The van der Waals surface area contributed by atoms with Crippen molar-refractivity contribution in [1.82, 2.24) is 4.90 Å². The molecule has 1 saturated heterocycles. The Hall–Kier alpha value is -0.940. The van der Waals surface area contributed by atoms with Crippen LogP contribution in [0.5, 0.6) is 0 Å². The van der Waals surface area contributed by atoms with Crippen molar-refractivity contribution in [2.45, 2.75) is 38.1 Å². The van der Waals surface area contributed by atoms with Crippen LogP contribution in [0.1, 0.15) is 24.8 Å². The van der Waals surface area contributed by atoms with Crippen LogP contribution < -0.4 is 0 Å². The van der Waals surface area contributed by atoms with Crippen LogP contribution in [0.25, 0.3) is 0 Å². The zero-order valence-electron chi connectivity index (χ0n) is 11.9. The average Bonchev–Trinajstić information content (AvgIpc) is 2.43. The molecule has 0 bridgehead atoms. The summed E-state index contributed by atoms with van der Waals surface area (Å²) >= 11 is 0. The summed E-state index contributed by atoms with van der Waals surface area (Å²) in [4.78, 5) is 2.13. The largest absolute Gasteiger partial charge is 0.392 e. The Bertz CT molecular complexity index is 361. The zero-order chi connectivity index (χ0) is 14.2. The second kappa shape index (κ2) is 8.37. The van der Waals surface area contributed by atoms with Crippen molar-refractivity contribution in [3.8, 4) is 0 Å². The number of aliphatic hydroxyl groups excluding tert-OH is 2. The van der Waals surface area contributed by atoms with Crippen LogP contribution in [0.15, 0.2) is 30.3 Å². The molecule has 1 aliphatic heterocycles. The molecule has 0 radical (unpaired) electrons. The molecule has 2 rings (SSSR count). The fraction of sp³-hybridized carbons (Fsp3) is 0.625. The highest BCUT2D eigenvalue weighted by Gasteiger charge is 2.23. The molecule has 0 amide bonds. The maximum Gasteiger partial charge on any atom is 0.0716 e. The Balaban J connectivity index is 1.51. The maximum atomic E-state index is 9.59. The SMILES string of the molecule is OC1CC(O)CN(CCCCOCc2ccccc2)C1. The zero-order valence-corrected chi connectivity index (χ0v) is 11.9. The van der Waals surface area contributed by atoms with Crippen LogP contribution >= 0.6 is 0 Å². The first-order valence-corrected chi connectivity index (χ1v) is 7.44. The van der Waals surface area contributed by atoms with E-state index in [4.69, 9.17) is 4.74 Å². The normalized spacial score (nSPS) is 23.9. The molecule has 0 aliphatic carbocycles. The van der Waals surface area contributed by atoms with Gasteiger partial charge in [0.2, 0.25) is 0 Å². The number of hydrogen-bond donors (Lipinski definition) is 2. The molecular weight excluding hydrogens is 254 g/mol. The summed E-state index contributed by atoms with van der Waals surface area (Å²) in [6.45, 7) is 3.71. The highest BCUT2D eigenvalue weighted by Crippen LogP contribution is 2.11. The molecule has 4 nitrogen and oxygen atoms in total. The van der Waals surface area contributed by atoms with Crippen LogP contribution in [0.3, 0.4) is 0 Å². The van der Waals surface area contributed by atoms with E-state index < -0.39 is 0 Å². The smallest absolute Gasteiger partial charge is 0.0716 e. The van der Waals surface area contributed by atoms with Gasteiger partial charge in [0.1, 0.15) is 0 Å². The lowest BCUT2D eigenvalue weighted by molar-refractivity contribution is -0.00909. The molecule has 0 aromatic heterocycles. The number of nitrogens with zero attached hydrogens (tertiary/aromatic N) is 1. The summed E-state index contributed by atoms with van der Waals surface area (Å²) in [5.74, 6) is 0. The van der Waals surface area contributed by atoms with Crippen molar-refractivity contribution in [3.05, 3.63) is 35.9 Å². The molecular formula is C16H25NO3. The number of benzene rings is 1. The van der Waals surface area contributed by atoms with Crippen LogP contribution in [0.2, 0.25) is 0 Å². The van der Waals surface area contributed by atoms with Gasteiger partial charge in [-0.3, -0.25) is 4.90 Å². The van der Waals surface area contributed by atoms with E-state index in [0.717, 1.165) is 26.0 Å². The minimum Gasteiger partial charge on any atom is -0.392 e. The fourth-order valence-corrected chi connectivity index (χ4v) is 2.62. The van der Waals surface area contributed by atoms with Crippen molar-refractivity contribution >= 4 is 0 Å². The monoisotopic (exact) mass is 279 g/mol. The number of ether oxygens (including phenoxy) is 1. The number of rotatable bonds is 7. The summed E-state index contributed by atoms with van der Waals surface area (Å²) in [7, 11) is 0. The molecule has 1 aromatic rings. The van der Waals surface area contributed by atoms with Gasteiger partial charge >= 0.3 is 0 Å². The molecule has 0 spiro atoms. The molecule has 1 aliphatic rings. The third kappa shape index (κ3) is 5.59. The van der Waals surface area contributed by atoms with E-state index >= 15 is 0 Å². The van der Waals surface area contributed by atoms with Crippen molar-refractivity contribution in [1.29, 1.82) is 0 Å². The molecule has 112 valence electrons. The topological polar surface area (TPSA) is 52.9 Å². The predicted octanol–water partition coefficient (Wildman–Crippen LogP) is 1.41. The molecule has 4 heteroatoms. The van der Waals surface area contributed by atoms with E-state index in [2.05, 4.69) is 17.0 Å². The van der Waals surface area contributed by atoms with E-state index in [9.17, 15) is 10.2 Å². The molecule has 1 fully saturated rings. The van der Waals surface area contributed by atoms with Gasteiger partial charge in [-0.05, 0) is 24.9 Å². The van der Waals surface area contributed by atoms with Crippen LogP contribution in [0.4, 0.5) is 0 Å². The number of likely N-dealkylation sites (tertiary alicyclic amines) is 1. The van der Waals surface area contributed by atoms with Gasteiger partial charge in [0.05, 0.1) is 18.8 Å². The first-order chi connectivity index (χ1) is 9.74. The summed E-state index contributed by atoms with van der Waals surface area (Å²) < 4.78 is 5.63. The first kappa shape index (κ1) is 15.4. The third-order valence-electron chi connectivity index (χ3n) is 3.61. The van der Waals surface area contributed by atoms with Gasteiger partial charge in [-0.25, -0.2) is 0 Å². The van der Waals surface area contributed by atoms with Crippen molar-refractivity contribution in [2.75, 3.05) is 26.2 Å². The lowest BCUT2D eigenvalue weighted by atomic mass is 10.1. The van der Waals surface area contributed by atoms with Gasteiger partial charge in [0.25, 0.3) is 0 Å². The molecule has 2 unspecified atom stereocenters. The van der Waals surface area contributed by atoms with Crippen LogP contribution in [-0.2, 0) is 11.3 Å². The first-order valence-electron chi connectivity index (χ1n) is 7.44. The standard InChI is InChI=1S/C16H25NO3/c18-15-10-16(19)12-17(11-15)8-4-5-9-20-13-14-6-2-1-3-7-14/h1-3,6-7,15-16,18-19H,4-5,8-13H2. The van der Waals surface area contributed by atoms with Crippen molar-refractivity contribution < 1.29 is 14.9 Å². The fourth-order valence-electron chi connectivity index (χ4n) is 2.62. The van der Waals surface area contributed by atoms with Gasteiger partial charge in [0.15, 0.2) is 0 Å². The van der Waals surface area contributed by atoms with E-state index in [1.165, 1.54) is 5.56 Å². The Labute approximate surface area is 121 Å². The van der Waals surface area contributed by atoms with Crippen LogP contribution in [-0.4, -0.2) is 53.6 Å². The number of unbranched alkanes of at least 4 members (excludes halogenated alkanes) is 1. The quantitative estimate of drug-likeness (QED) is 0.741. The summed E-state index contributed by atoms with van der Waals surface area (Å²) in [5, 5.41) is 19.2. The summed E-state index contributed by atoms with van der Waals surface area (Å²) in [6, 6.07) is 10.2. The highest BCUT2D eigenvalue weighted by atomic mass is 16.5. The summed E-state index contributed by atoms with van der Waals surface area (Å²) in [5.41, 5.74) is 1.20. The van der Waals surface area contributed by atoms with Crippen molar-refractivity contribution in [2.24, 2.45) is 0 Å². The molecule has 1 heterocycles. The second-order valence-corrected chi connectivity index (χ2v) is 5.55. The molecule has 2 atom stereocenters. The minimum absolute atomic E-state index is 0.381. The van der Waals surface area contributed by atoms with E-state index in [0.29, 0.717) is 26.1 Å². The molecule has 20 heavy (non-hydrogen) atoms. The predicted molar refractivity (Wildman–Crippen MR) is 78.4 cm³/mol. The minimum atomic E-state index is -0.381. The van der Waals surface area contributed by atoms with Gasteiger partial charge < -0.3 is 14.9 Å². The lowest BCUT2D eigenvalue weighted by Crippen LogP contribution is -2.45. The second-order valence-electron chi connectivity index (χ2n) is 5.55. The van der Waals surface area contributed by atoms with Gasteiger partial charge in [-0.2, -0.15) is 0 Å². The van der Waals surface area contributed by atoms with Gasteiger partial charge in [-0.1, -0.05) is 30.3 Å². The Kier molecular flexibility index (Phi) is 6.47. The number of hydrogen-bond acceptors (Lipinski definition) is 4. The van der Waals surface area contributed by atoms with Crippen molar-refractivity contribution in [3.63, 3.8) is 0 Å². The molecule has 0 saturated carbocycles. The lowest BCUT2D eigenvalue weighted by Gasteiger charge is -2.33. The Morgan fingerprint density at radius 1 is 1.05 bits per heavy atom. The van der Waals surface area contributed by atoms with E-state index in [1.807, 2.05) is 18.2 Å². The van der Waals surface area contributed by atoms with E-state index in [1.54, 1.807) is 0 Å². The number of β-amino-alcohol motifs (C(OH)–C–C–N with tert-alkyl or cyclic N) is 2. The van der Waals surface area contributed by atoms with E-state index in [-0.39, 0.29) is 12.2 Å².